The molecule has 0 unspecified atom stereocenters. The van der Waals surface area contributed by atoms with Gasteiger partial charge in [0.1, 0.15) is 30.8 Å². The highest BCUT2D eigenvalue weighted by Gasteiger charge is 2.38. The lowest BCUT2D eigenvalue weighted by molar-refractivity contribution is -0.203. The smallest absolute Gasteiger partial charge is 0.345 e. The monoisotopic (exact) mass is 466 g/mol. The van der Waals surface area contributed by atoms with Gasteiger partial charge in [0, 0.05) is 6.54 Å². The second-order valence-electron chi connectivity index (χ2n) is 7.75. The molecule has 0 amide bonds. The Hall–Kier alpha value is -2.90. The molecule has 12 nitrogen and oxygen atoms in total. The average Bonchev–Trinajstić information content (AvgIpc) is 3.25. The van der Waals surface area contributed by atoms with E-state index in [0.29, 0.717) is 12.8 Å². The summed E-state index contributed by atoms with van der Waals surface area (Å²) >= 11 is 0. The van der Waals surface area contributed by atoms with E-state index in [2.05, 4.69) is 0 Å². The minimum absolute atomic E-state index is 0.197. The summed E-state index contributed by atoms with van der Waals surface area (Å²) < 4.78 is 9.69. The van der Waals surface area contributed by atoms with E-state index in [-0.39, 0.29) is 13.0 Å². The predicted octanol–water partition coefficient (Wildman–Crippen LogP) is -1.87. The molecular formula is C21H30N4O8. The van der Waals surface area contributed by atoms with Crippen LogP contribution >= 0.6 is 0 Å². The number of carbonyl (C=O) groups excluding carboxylic acids is 4. The van der Waals surface area contributed by atoms with Crippen LogP contribution in [0.25, 0.3) is 0 Å². The van der Waals surface area contributed by atoms with Gasteiger partial charge in [-0.05, 0) is 31.7 Å². The van der Waals surface area contributed by atoms with Crippen LogP contribution in [0, 0.1) is 0 Å². The van der Waals surface area contributed by atoms with E-state index in [1.807, 2.05) is 6.07 Å². The van der Waals surface area contributed by atoms with Crippen molar-refractivity contribution in [3.05, 3.63) is 35.9 Å². The fourth-order valence-electron chi connectivity index (χ4n) is 3.00. The highest BCUT2D eigenvalue weighted by Crippen LogP contribution is 2.19. The Morgan fingerprint density at radius 2 is 1.73 bits per heavy atom. The summed E-state index contributed by atoms with van der Waals surface area (Å²) in [5, 5.41) is 10.3. The van der Waals surface area contributed by atoms with Crippen molar-refractivity contribution in [3.63, 3.8) is 0 Å². The number of carbonyl (C=O) groups is 4. The number of nitrogens with two attached hydrogens (primary N) is 3. The Labute approximate surface area is 190 Å². The quantitative estimate of drug-likeness (QED) is 0.222. The highest BCUT2D eigenvalue weighted by atomic mass is 16.7. The topological polar surface area (TPSA) is 197 Å². The molecule has 12 heteroatoms. The van der Waals surface area contributed by atoms with Crippen molar-refractivity contribution in [1.82, 2.24) is 5.06 Å². The third kappa shape index (κ3) is 7.87. The number of benzene rings is 1. The first-order valence-corrected chi connectivity index (χ1v) is 10.5. The third-order valence-electron chi connectivity index (χ3n) is 4.99. The predicted molar refractivity (Wildman–Crippen MR) is 114 cm³/mol. The lowest BCUT2D eigenvalue weighted by atomic mass is 10.1. The minimum atomic E-state index is -1.35. The molecule has 0 bridgehead atoms. The van der Waals surface area contributed by atoms with Crippen LogP contribution in [-0.4, -0.2) is 77.5 Å². The third-order valence-corrected chi connectivity index (χ3v) is 4.99. The molecule has 0 aromatic heterocycles. The number of ether oxygens (including phenoxy) is 2. The van der Waals surface area contributed by atoms with Gasteiger partial charge in [-0.1, -0.05) is 30.3 Å². The van der Waals surface area contributed by atoms with Gasteiger partial charge in [-0.25, -0.2) is 14.4 Å². The van der Waals surface area contributed by atoms with E-state index in [1.165, 1.54) is 6.92 Å². The standard InChI is InChI=1S/C21H30N4O8/c1-12(26)17(24)21(30)31-11-15(23)19(28)33-25-9-5-8-16(25)20(29)32-18(27)14(22)10-13-6-3-2-4-7-13/h2-4,6-7,12,14-17,26H,5,8-11,22-24H2,1H3/t12-,14+,15+,16+,17+/m1/s1. The van der Waals surface area contributed by atoms with E-state index < -0.39 is 60.8 Å². The number of hydroxylamine groups is 2. The maximum absolute atomic E-state index is 12.5. The SMILES string of the molecule is C[C@@H](O)[C@H](N)C(=O)OC[C@H](N)C(=O)ON1CCC[C@H]1C(=O)OC(=O)[C@@H](N)Cc1ccccc1. The maximum atomic E-state index is 12.5. The minimum Gasteiger partial charge on any atom is -0.462 e. The van der Waals surface area contributed by atoms with E-state index in [9.17, 15) is 24.3 Å². The molecule has 5 atom stereocenters. The van der Waals surface area contributed by atoms with Crippen LogP contribution in [0.2, 0.25) is 0 Å². The molecule has 0 radical (unpaired) electrons. The maximum Gasteiger partial charge on any atom is 0.345 e. The second-order valence-corrected chi connectivity index (χ2v) is 7.75. The molecule has 7 N–H and O–H groups in total. The Kier molecular flexibility index (Phi) is 9.88. The number of aliphatic hydroxyl groups excluding tert-OH is 1. The normalized spacial score (nSPS) is 19.7. The number of aliphatic hydroxyl groups is 1. The van der Waals surface area contributed by atoms with Crippen LogP contribution in [0.3, 0.4) is 0 Å². The molecular weight excluding hydrogens is 436 g/mol. The van der Waals surface area contributed by atoms with Gasteiger partial charge >= 0.3 is 23.9 Å². The van der Waals surface area contributed by atoms with Crippen molar-refractivity contribution in [2.45, 2.75) is 56.5 Å². The van der Waals surface area contributed by atoms with Gasteiger partial charge in [0.25, 0.3) is 0 Å². The van der Waals surface area contributed by atoms with Gasteiger partial charge in [0.2, 0.25) is 0 Å². The molecule has 1 saturated heterocycles. The van der Waals surface area contributed by atoms with E-state index in [1.54, 1.807) is 24.3 Å². The van der Waals surface area contributed by atoms with Gasteiger partial charge in [-0.2, -0.15) is 0 Å². The molecule has 1 aliphatic rings. The zero-order valence-electron chi connectivity index (χ0n) is 18.3. The van der Waals surface area contributed by atoms with Gasteiger partial charge in [-0.3, -0.25) is 4.79 Å². The van der Waals surface area contributed by atoms with Crippen LogP contribution in [0.4, 0.5) is 0 Å². The van der Waals surface area contributed by atoms with Crippen molar-refractivity contribution in [1.29, 1.82) is 0 Å². The van der Waals surface area contributed by atoms with Crippen LogP contribution in [-0.2, 0) is 39.9 Å². The Morgan fingerprint density at radius 1 is 1.06 bits per heavy atom. The van der Waals surface area contributed by atoms with E-state index in [4.69, 9.17) is 31.5 Å². The van der Waals surface area contributed by atoms with Crippen LogP contribution in [0.5, 0.6) is 0 Å². The van der Waals surface area contributed by atoms with Gasteiger partial charge < -0.3 is 36.6 Å². The lowest BCUT2D eigenvalue weighted by Gasteiger charge is -2.23. The average molecular weight is 466 g/mol. The molecule has 2 rings (SSSR count). The zero-order chi connectivity index (χ0) is 24.5. The van der Waals surface area contributed by atoms with Crippen molar-refractivity contribution in [3.8, 4) is 0 Å². The summed E-state index contributed by atoms with van der Waals surface area (Å²) in [5.41, 5.74) is 17.8. The van der Waals surface area contributed by atoms with Crippen molar-refractivity contribution >= 4 is 23.9 Å². The number of nitrogens with zero attached hydrogens (tertiary/aromatic N) is 1. The van der Waals surface area contributed by atoms with Gasteiger partial charge in [-0.15, -0.1) is 5.06 Å². The number of hydrogen-bond acceptors (Lipinski definition) is 12. The molecule has 1 heterocycles. The summed E-state index contributed by atoms with van der Waals surface area (Å²) in [6.45, 7) is 0.995. The first-order valence-electron chi connectivity index (χ1n) is 10.5. The highest BCUT2D eigenvalue weighted by molar-refractivity contribution is 5.91. The lowest BCUT2D eigenvalue weighted by Crippen LogP contribution is -2.47. The fourth-order valence-corrected chi connectivity index (χ4v) is 3.00. The fraction of sp³-hybridized carbons (Fsp3) is 0.524. The Bertz CT molecular complexity index is 835. The number of rotatable bonds is 10. The van der Waals surface area contributed by atoms with E-state index in [0.717, 1.165) is 10.6 Å². The summed E-state index contributed by atoms with van der Waals surface area (Å²) in [6, 6.07) is 4.35. The first kappa shape index (κ1) is 26.4. The van der Waals surface area contributed by atoms with Crippen molar-refractivity contribution in [2.24, 2.45) is 17.2 Å². The molecule has 0 saturated carbocycles. The van der Waals surface area contributed by atoms with Crippen LogP contribution < -0.4 is 17.2 Å². The summed E-state index contributed by atoms with van der Waals surface area (Å²) in [4.78, 5) is 53.7. The van der Waals surface area contributed by atoms with Crippen molar-refractivity contribution < 1.29 is 38.6 Å². The van der Waals surface area contributed by atoms with Gasteiger partial charge in [0.15, 0.2) is 0 Å². The van der Waals surface area contributed by atoms with Gasteiger partial charge in [0.05, 0.1) is 6.10 Å². The molecule has 1 aliphatic heterocycles. The van der Waals surface area contributed by atoms with Crippen molar-refractivity contribution in [2.75, 3.05) is 13.2 Å². The van der Waals surface area contributed by atoms with E-state index >= 15 is 0 Å². The summed E-state index contributed by atoms with van der Waals surface area (Å²) in [5.74, 6) is -3.67. The molecule has 0 aliphatic carbocycles. The molecule has 1 aromatic carbocycles. The summed E-state index contributed by atoms with van der Waals surface area (Å²) in [6.07, 6.45) is -0.144. The molecule has 1 fully saturated rings. The Balaban J connectivity index is 1.83. The van der Waals surface area contributed by atoms with Crippen LogP contribution in [0.1, 0.15) is 25.3 Å². The number of hydrogen-bond donors (Lipinski definition) is 4. The summed E-state index contributed by atoms with van der Waals surface area (Å²) in [7, 11) is 0. The first-order chi connectivity index (χ1) is 15.6. The molecule has 0 spiro atoms. The zero-order valence-corrected chi connectivity index (χ0v) is 18.3. The van der Waals surface area contributed by atoms with Crippen LogP contribution in [0.15, 0.2) is 30.3 Å². The largest absolute Gasteiger partial charge is 0.462 e. The Morgan fingerprint density at radius 3 is 2.36 bits per heavy atom. The molecule has 33 heavy (non-hydrogen) atoms. The molecule has 1 aromatic rings. The second kappa shape index (κ2) is 12.4. The number of esters is 3. The molecule has 182 valence electrons.